The number of ether oxygens (including phenoxy) is 2. The minimum absolute atomic E-state index is 0.200. The molecule has 0 saturated carbocycles. The van der Waals surface area contributed by atoms with Gasteiger partial charge < -0.3 is 9.47 Å². The van der Waals surface area contributed by atoms with Crippen molar-refractivity contribution in [2.45, 2.75) is 20.8 Å². The van der Waals surface area contributed by atoms with Gasteiger partial charge in [0.1, 0.15) is 0 Å². The monoisotopic (exact) mass is 236 g/mol. The van der Waals surface area contributed by atoms with E-state index in [4.69, 9.17) is 9.47 Å². The van der Waals surface area contributed by atoms with Gasteiger partial charge in [0.05, 0.1) is 0 Å². The standard InChI is InChI=1S/C13H16O4/c1-7-10(6)13(16-11(14)8(2)3)17-12(15)9(4)5/h7H,1-2,4H2,3,5-6H3. The molecular weight excluding hydrogens is 220 g/mol. The lowest BCUT2D eigenvalue weighted by Crippen LogP contribution is -2.13. The van der Waals surface area contributed by atoms with Gasteiger partial charge in [-0.25, -0.2) is 9.59 Å². The molecule has 4 nitrogen and oxygen atoms in total. The first-order chi connectivity index (χ1) is 7.79. The summed E-state index contributed by atoms with van der Waals surface area (Å²) in [5.41, 5.74) is 0.825. The van der Waals surface area contributed by atoms with Gasteiger partial charge in [0.25, 0.3) is 5.95 Å². The van der Waals surface area contributed by atoms with Crippen LogP contribution in [0.2, 0.25) is 0 Å². The van der Waals surface area contributed by atoms with E-state index in [0.29, 0.717) is 5.57 Å². The third-order valence-corrected chi connectivity index (χ3v) is 1.70. The minimum atomic E-state index is -0.671. The normalized spacial score (nSPS) is 8.88. The van der Waals surface area contributed by atoms with Crippen LogP contribution in [0.25, 0.3) is 0 Å². The lowest BCUT2D eigenvalue weighted by molar-refractivity contribution is -0.149. The van der Waals surface area contributed by atoms with Gasteiger partial charge in [-0.15, -0.1) is 0 Å². The molecule has 0 aliphatic rings. The predicted molar refractivity (Wildman–Crippen MR) is 64.7 cm³/mol. The highest BCUT2D eigenvalue weighted by atomic mass is 16.7. The highest BCUT2D eigenvalue weighted by Crippen LogP contribution is 2.13. The lowest BCUT2D eigenvalue weighted by Gasteiger charge is -2.10. The van der Waals surface area contributed by atoms with Gasteiger partial charge >= 0.3 is 11.9 Å². The van der Waals surface area contributed by atoms with Crippen LogP contribution >= 0.6 is 0 Å². The summed E-state index contributed by atoms with van der Waals surface area (Å²) in [5.74, 6) is -1.55. The molecule has 0 aromatic heterocycles. The van der Waals surface area contributed by atoms with Crippen LogP contribution < -0.4 is 0 Å². The van der Waals surface area contributed by atoms with Crippen LogP contribution in [0.5, 0.6) is 0 Å². The molecule has 0 amide bonds. The first-order valence-corrected chi connectivity index (χ1v) is 4.88. The first-order valence-electron chi connectivity index (χ1n) is 4.88. The summed E-state index contributed by atoms with van der Waals surface area (Å²) in [5, 5.41) is 0. The molecular formula is C13H16O4. The van der Waals surface area contributed by atoms with E-state index in [-0.39, 0.29) is 17.1 Å². The lowest BCUT2D eigenvalue weighted by atomic mass is 10.3. The highest BCUT2D eigenvalue weighted by molar-refractivity contribution is 5.89. The van der Waals surface area contributed by atoms with Crippen LogP contribution in [0.4, 0.5) is 0 Å². The zero-order chi connectivity index (χ0) is 13.6. The average molecular weight is 236 g/mol. The Morgan fingerprint density at radius 3 is 1.53 bits per heavy atom. The minimum Gasteiger partial charge on any atom is -0.389 e. The smallest absolute Gasteiger partial charge is 0.340 e. The summed E-state index contributed by atoms with van der Waals surface area (Å²) in [6, 6.07) is 0. The average Bonchev–Trinajstić information content (AvgIpc) is 2.26. The fraction of sp³-hybridized carbons (Fsp3) is 0.231. The number of hydrogen-bond acceptors (Lipinski definition) is 4. The van der Waals surface area contributed by atoms with Crippen LogP contribution in [0.15, 0.2) is 48.5 Å². The molecule has 0 aliphatic carbocycles. The zero-order valence-electron chi connectivity index (χ0n) is 10.3. The predicted octanol–water partition coefficient (Wildman–Crippen LogP) is 2.64. The Hall–Kier alpha value is -2.10. The van der Waals surface area contributed by atoms with E-state index in [1.165, 1.54) is 19.9 Å². The number of carbonyl (C=O) groups excluding carboxylic acids is 2. The van der Waals surface area contributed by atoms with Crippen molar-refractivity contribution in [3.05, 3.63) is 48.5 Å². The van der Waals surface area contributed by atoms with Crippen molar-refractivity contribution in [2.75, 3.05) is 0 Å². The molecule has 0 rings (SSSR count). The maximum atomic E-state index is 11.3. The van der Waals surface area contributed by atoms with Crippen molar-refractivity contribution < 1.29 is 19.1 Å². The van der Waals surface area contributed by atoms with E-state index >= 15 is 0 Å². The number of esters is 2. The van der Waals surface area contributed by atoms with Gasteiger partial charge in [0.15, 0.2) is 0 Å². The Kier molecular flexibility index (Phi) is 5.68. The van der Waals surface area contributed by atoms with E-state index in [1.54, 1.807) is 6.92 Å². The molecule has 0 aromatic carbocycles. The molecule has 0 fully saturated rings. The molecule has 0 N–H and O–H groups in total. The largest absolute Gasteiger partial charge is 0.389 e. The van der Waals surface area contributed by atoms with Crippen molar-refractivity contribution >= 4 is 11.9 Å². The number of allylic oxidation sites excluding steroid dienone is 2. The second-order valence-electron chi connectivity index (χ2n) is 3.51. The Labute approximate surface area is 101 Å². The first kappa shape index (κ1) is 14.9. The third kappa shape index (κ3) is 4.97. The van der Waals surface area contributed by atoms with Gasteiger partial charge in [0.2, 0.25) is 0 Å². The molecule has 0 atom stereocenters. The highest BCUT2D eigenvalue weighted by Gasteiger charge is 2.15. The molecule has 0 radical (unpaired) electrons. The SMILES string of the molecule is C=CC(C)=C(OC(=O)C(=C)C)OC(=O)C(=C)C. The molecule has 17 heavy (non-hydrogen) atoms. The maximum Gasteiger partial charge on any atom is 0.340 e. The van der Waals surface area contributed by atoms with E-state index in [1.807, 2.05) is 0 Å². The van der Waals surface area contributed by atoms with E-state index in [0.717, 1.165) is 0 Å². The molecule has 0 aromatic rings. The fourth-order valence-electron chi connectivity index (χ4n) is 0.608. The maximum absolute atomic E-state index is 11.3. The van der Waals surface area contributed by atoms with Gasteiger partial charge in [-0.3, -0.25) is 0 Å². The molecule has 0 bridgehead atoms. The quantitative estimate of drug-likeness (QED) is 0.319. The molecule has 0 heterocycles. The van der Waals surface area contributed by atoms with E-state index in [2.05, 4.69) is 19.7 Å². The van der Waals surface area contributed by atoms with Crippen LogP contribution in [0, 0.1) is 0 Å². The topological polar surface area (TPSA) is 52.6 Å². The van der Waals surface area contributed by atoms with Crippen molar-refractivity contribution in [3.8, 4) is 0 Å². The van der Waals surface area contributed by atoms with Crippen molar-refractivity contribution in [1.29, 1.82) is 0 Å². The van der Waals surface area contributed by atoms with Gasteiger partial charge in [-0.05, 0) is 20.8 Å². The molecule has 0 spiro atoms. The summed E-state index contributed by atoms with van der Waals surface area (Å²) in [6.45, 7) is 14.9. The number of carbonyl (C=O) groups is 2. The molecule has 0 unspecified atom stereocenters. The van der Waals surface area contributed by atoms with Crippen molar-refractivity contribution in [2.24, 2.45) is 0 Å². The van der Waals surface area contributed by atoms with Gasteiger partial charge in [-0.1, -0.05) is 25.8 Å². The molecule has 0 saturated heterocycles. The van der Waals surface area contributed by atoms with Crippen LogP contribution in [-0.4, -0.2) is 11.9 Å². The van der Waals surface area contributed by atoms with Crippen LogP contribution in [0.1, 0.15) is 20.8 Å². The van der Waals surface area contributed by atoms with Gasteiger partial charge in [0, 0.05) is 16.7 Å². The van der Waals surface area contributed by atoms with Crippen LogP contribution in [0.3, 0.4) is 0 Å². The molecule has 4 heteroatoms. The Morgan fingerprint density at radius 2 is 1.29 bits per heavy atom. The summed E-state index contributed by atoms with van der Waals surface area (Å²) in [6.07, 6.45) is 1.41. The number of rotatable bonds is 5. The Bertz CT molecular complexity index is 383. The fourth-order valence-corrected chi connectivity index (χ4v) is 0.608. The second kappa shape index (κ2) is 6.48. The van der Waals surface area contributed by atoms with Crippen LogP contribution in [-0.2, 0) is 19.1 Å². The Balaban J connectivity index is 4.99. The second-order valence-corrected chi connectivity index (χ2v) is 3.51. The van der Waals surface area contributed by atoms with Crippen molar-refractivity contribution in [3.63, 3.8) is 0 Å². The zero-order valence-corrected chi connectivity index (χ0v) is 10.3. The molecule has 92 valence electrons. The summed E-state index contributed by atoms with van der Waals surface area (Å²) < 4.78 is 9.74. The summed E-state index contributed by atoms with van der Waals surface area (Å²) in [7, 11) is 0. The molecule has 0 aliphatic heterocycles. The summed E-state index contributed by atoms with van der Waals surface area (Å²) in [4.78, 5) is 22.6. The van der Waals surface area contributed by atoms with Gasteiger partial charge in [-0.2, -0.15) is 0 Å². The van der Waals surface area contributed by atoms with E-state index < -0.39 is 11.9 Å². The summed E-state index contributed by atoms with van der Waals surface area (Å²) >= 11 is 0. The van der Waals surface area contributed by atoms with E-state index in [9.17, 15) is 9.59 Å². The van der Waals surface area contributed by atoms with Crippen molar-refractivity contribution in [1.82, 2.24) is 0 Å². The number of hydrogen-bond donors (Lipinski definition) is 0. The third-order valence-electron chi connectivity index (χ3n) is 1.70. The Morgan fingerprint density at radius 1 is 0.941 bits per heavy atom.